The second-order valence-corrected chi connectivity index (χ2v) is 6.27. The summed E-state index contributed by atoms with van der Waals surface area (Å²) in [5, 5.41) is 2.14. The highest BCUT2D eigenvalue weighted by Gasteiger charge is 2.41. The molecule has 0 saturated carbocycles. The highest BCUT2D eigenvalue weighted by atomic mass is 19.4. The number of nitrogens with zero attached hydrogens (tertiary/aromatic N) is 3. The number of amides is 1. The zero-order chi connectivity index (χ0) is 21.5. The van der Waals surface area contributed by atoms with Crippen LogP contribution in [0.1, 0.15) is 27.2 Å². The number of nitrogens with one attached hydrogen (secondary N) is 1. The summed E-state index contributed by atoms with van der Waals surface area (Å²) >= 11 is 0. The smallest absolute Gasteiger partial charge is 0.444 e. The second kappa shape index (κ2) is 9.60. The molecule has 0 spiro atoms. The van der Waals surface area contributed by atoms with E-state index in [0.29, 0.717) is 17.3 Å². The Labute approximate surface area is 153 Å². The molecule has 0 aliphatic carbocycles. The zero-order valence-corrected chi connectivity index (χ0v) is 15.3. The summed E-state index contributed by atoms with van der Waals surface area (Å²) in [6, 6.07) is 0. The molecule has 156 valence electrons. The van der Waals surface area contributed by atoms with Crippen LogP contribution < -0.4 is 5.32 Å². The minimum atomic E-state index is -4.90. The molecule has 1 atom stereocenters. The molecule has 1 unspecified atom stereocenters. The lowest BCUT2D eigenvalue weighted by molar-refractivity contribution is -0.120. The van der Waals surface area contributed by atoms with E-state index in [2.05, 4.69) is 21.9 Å². The molecule has 0 bridgehead atoms. The lowest BCUT2D eigenvalue weighted by atomic mass is 10.2. The highest BCUT2D eigenvalue weighted by Crippen LogP contribution is 2.21. The van der Waals surface area contributed by atoms with Crippen LogP contribution in [0.15, 0.2) is 22.8 Å². The number of aliphatic imine (C=N–C) groups is 2. The van der Waals surface area contributed by atoms with Crippen LogP contribution in [0.2, 0.25) is 0 Å². The van der Waals surface area contributed by atoms with Gasteiger partial charge in [-0.2, -0.15) is 26.3 Å². The molecular formula is C15H22F6N4O2. The normalized spacial score (nSPS) is 14.8. The number of hydrogen-bond donors (Lipinski definition) is 1. The number of alkyl halides is 6. The lowest BCUT2D eigenvalue weighted by Gasteiger charge is -2.31. The Bertz CT molecular complexity index is 564. The number of alkyl carbamates (subject to hydrolysis) is 1. The predicted octanol–water partition coefficient (Wildman–Crippen LogP) is 3.90. The fraction of sp³-hybridized carbons (Fsp3) is 0.667. The molecule has 12 heteroatoms. The first-order chi connectivity index (χ1) is 12.1. The van der Waals surface area contributed by atoms with Crippen LogP contribution in [-0.2, 0) is 4.74 Å². The van der Waals surface area contributed by atoms with Crippen LogP contribution in [0.4, 0.5) is 31.1 Å². The van der Waals surface area contributed by atoms with Crippen LogP contribution in [0.25, 0.3) is 0 Å². The summed E-state index contributed by atoms with van der Waals surface area (Å²) in [6.45, 7) is 7.09. The SMILES string of the molecule is C=CN=C(N(C)C(CN=CCC(F)(F)F)NC(=O)OC(C)(C)C)C(F)(F)F. The van der Waals surface area contributed by atoms with Gasteiger partial charge in [-0.05, 0) is 20.8 Å². The van der Waals surface area contributed by atoms with Crippen molar-refractivity contribution >= 4 is 18.1 Å². The molecule has 1 amide bonds. The number of rotatable bonds is 6. The monoisotopic (exact) mass is 404 g/mol. The Morgan fingerprint density at radius 2 is 1.78 bits per heavy atom. The Hall–Kier alpha value is -2.27. The number of carbonyl (C=O) groups excluding carboxylic acids is 1. The molecule has 0 aliphatic rings. The third-order valence-corrected chi connectivity index (χ3v) is 2.68. The summed E-state index contributed by atoms with van der Waals surface area (Å²) in [5.74, 6) is -1.41. The van der Waals surface area contributed by atoms with Gasteiger partial charge in [0.25, 0.3) is 0 Å². The van der Waals surface area contributed by atoms with Crippen LogP contribution in [-0.4, -0.2) is 60.8 Å². The van der Waals surface area contributed by atoms with Gasteiger partial charge in [-0.25, -0.2) is 9.79 Å². The van der Waals surface area contributed by atoms with Crippen LogP contribution in [0, 0.1) is 0 Å². The third kappa shape index (κ3) is 11.1. The molecule has 1 N–H and O–H groups in total. The standard InChI is InChI=1S/C15H22F6N4O2/c1-6-23-11(15(19,20)21)25(5)10(9-22-8-7-14(16,17)18)24-12(26)27-13(2,3)4/h6,8,10H,1,7,9H2,2-5H3,(H,24,26). The van der Waals surface area contributed by atoms with E-state index in [1.165, 1.54) is 20.8 Å². The number of hydrogen-bond acceptors (Lipinski definition) is 4. The molecule has 0 radical (unpaired) electrons. The summed E-state index contributed by atoms with van der Waals surface area (Å²) in [6.07, 6.45) is -12.1. The Morgan fingerprint density at radius 3 is 2.19 bits per heavy atom. The average molecular weight is 404 g/mol. The molecule has 0 aromatic heterocycles. The van der Waals surface area contributed by atoms with E-state index >= 15 is 0 Å². The maximum Gasteiger partial charge on any atom is 0.449 e. The summed E-state index contributed by atoms with van der Waals surface area (Å²) in [4.78, 5) is 19.0. The molecular weight excluding hydrogens is 382 g/mol. The topological polar surface area (TPSA) is 66.3 Å². The van der Waals surface area contributed by atoms with E-state index in [1.54, 1.807) is 0 Å². The average Bonchev–Trinajstić information content (AvgIpc) is 2.43. The molecule has 0 saturated heterocycles. The molecule has 0 aromatic rings. The number of likely N-dealkylation sites (N-methyl/N-ethyl adjacent to an activating group) is 1. The maximum atomic E-state index is 13.1. The first-order valence-corrected chi connectivity index (χ1v) is 7.60. The third-order valence-electron chi connectivity index (χ3n) is 2.68. The highest BCUT2D eigenvalue weighted by molar-refractivity contribution is 5.88. The summed E-state index contributed by atoms with van der Waals surface area (Å²) in [5.41, 5.74) is -0.936. The van der Waals surface area contributed by atoms with Gasteiger partial charge in [-0.3, -0.25) is 10.3 Å². The van der Waals surface area contributed by atoms with Gasteiger partial charge in [0.05, 0.1) is 13.0 Å². The zero-order valence-electron chi connectivity index (χ0n) is 15.3. The fourth-order valence-electron chi connectivity index (χ4n) is 1.65. The number of carbonyl (C=O) groups is 1. The van der Waals surface area contributed by atoms with Crippen molar-refractivity contribution in [2.45, 2.75) is 51.3 Å². The van der Waals surface area contributed by atoms with Crippen molar-refractivity contribution in [3.63, 3.8) is 0 Å². The van der Waals surface area contributed by atoms with Gasteiger partial charge in [0, 0.05) is 19.5 Å². The van der Waals surface area contributed by atoms with E-state index in [9.17, 15) is 31.1 Å². The summed E-state index contributed by atoms with van der Waals surface area (Å²) in [7, 11) is 0.955. The minimum Gasteiger partial charge on any atom is -0.444 e. The predicted molar refractivity (Wildman–Crippen MR) is 88.6 cm³/mol. The van der Waals surface area contributed by atoms with Crippen molar-refractivity contribution in [1.82, 2.24) is 10.2 Å². The first kappa shape index (κ1) is 24.7. The molecule has 27 heavy (non-hydrogen) atoms. The van der Waals surface area contributed by atoms with Crippen molar-refractivity contribution in [2.75, 3.05) is 13.6 Å². The van der Waals surface area contributed by atoms with Gasteiger partial charge in [0.2, 0.25) is 5.84 Å². The van der Waals surface area contributed by atoms with E-state index in [0.717, 1.165) is 7.05 Å². The van der Waals surface area contributed by atoms with Gasteiger partial charge >= 0.3 is 18.4 Å². The second-order valence-electron chi connectivity index (χ2n) is 6.27. The van der Waals surface area contributed by atoms with Gasteiger partial charge in [-0.1, -0.05) is 6.58 Å². The Kier molecular flexibility index (Phi) is 8.80. The van der Waals surface area contributed by atoms with E-state index in [-0.39, 0.29) is 0 Å². The minimum absolute atomic E-state index is 0.509. The van der Waals surface area contributed by atoms with E-state index < -0.39 is 49.0 Å². The van der Waals surface area contributed by atoms with Crippen LogP contribution >= 0.6 is 0 Å². The maximum absolute atomic E-state index is 13.1. The number of amidine groups is 1. The Balaban J connectivity index is 5.46. The van der Waals surface area contributed by atoms with Crippen molar-refractivity contribution < 1.29 is 35.9 Å². The van der Waals surface area contributed by atoms with Gasteiger partial charge in [0.15, 0.2) is 0 Å². The first-order valence-electron chi connectivity index (χ1n) is 7.60. The Morgan fingerprint density at radius 1 is 1.22 bits per heavy atom. The largest absolute Gasteiger partial charge is 0.449 e. The molecule has 0 heterocycles. The molecule has 0 aliphatic heterocycles. The van der Waals surface area contributed by atoms with Gasteiger partial charge in [0.1, 0.15) is 11.8 Å². The summed E-state index contributed by atoms with van der Waals surface area (Å²) < 4.78 is 80.8. The molecule has 0 aromatic carbocycles. The molecule has 0 fully saturated rings. The van der Waals surface area contributed by atoms with Gasteiger partial charge in [-0.15, -0.1) is 0 Å². The molecule has 6 nitrogen and oxygen atoms in total. The number of halogens is 6. The van der Waals surface area contributed by atoms with Crippen molar-refractivity contribution in [1.29, 1.82) is 0 Å². The quantitative estimate of drug-likeness (QED) is 0.316. The van der Waals surface area contributed by atoms with Crippen molar-refractivity contribution in [2.24, 2.45) is 9.98 Å². The lowest BCUT2D eigenvalue weighted by Crippen LogP contribution is -2.54. The van der Waals surface area contributed by atoms with Crippen LogP contribution in [0.3, 0.4) is 0 Å². The van der Waals surface area contributed by atoms with Crippen LogP contribution in [0.5, 0.6) is 0 Å². The van der Waals surface area contributed by atoms with Crippen molar-refractivity contribution in [3.8, 4) is 0 Å². The van der Waals surface area contributed by atoms with Gasteiger partial charge < -0.3 is 9.64 Å². The molecule has 0 rings (SSSR count). The fourth-order valence-corrected chi connectivity index (χ4v) is 1.65. The van der Waals surface area contributed by atoms with E-state index in [4.69, 9.17) is 4.74 Å². The van der Waals surface area contributed by atoms with E-state index in [1.807, 2.05) is 0 Å². The van der Waals surface area contributed by atoms with Crippen molar-refractivity contribution in [3.05, 3.63) is 12.8 Å². The number of ether oxygens (including phenoxy) is 1.